The van der Waals surface area contributed by atoms with Gasteiger partial charge < -0.3 is 15.0 Å². The molecule has 0 saturated carbocycles. The third-order valence-electron chi connectivity index (χ3n) is 6.81. The first kappa shape index (κ1) is 30.7. The highest BCUT2D eigenvalue weighted by Gasteiger charge is 2.34. The first-order valence-corrected chi connectivity index (χ1v) is 14.9. The largest absolute Gasteiger partial charge is 0.497 e. The van der Waals surface area contributed by atoms with Gasteiger partial charge >= 0.3 is 0 Å². The van der Waals surface area contributed by atoms with Gasteiger partial charge in [-0.3, -0.25) is 13.9 Å². The van der Waals surface area contributed by atoms with Gasteiger partial charge in [0, 0.05) is 18.7 Å². The lowest BCUT2D eigenvalue weighted by molar-refractivity contribution is -0.140. The Labute approximate surface area is 238 Å². The first-order chi connectivity index (χ1) is 19.1. The predicted octanol–water partition coefficient (Wildman–Crippen LogP) is 4.92. The number of carbonyl (C=O) groups excluding carboxylic acids is 2. The average molecular weight is 566 g/mol. The van der Waals surface area contributed by atoms with Crippen LogP contribution in [0.3, 0.4) is 0 Å². The highest BCUT2D eigenvalue weighted by Crippen LogP contribution is 2.27. The lowest BCUT2D eigenvalue weighted by atomic mass is 10.1. The molecule has 0 heterocycles. The van der Waals surface area contributed by atoms with Crippen molar-refractivity contribution in [3.63, 3.8) is 0 Å². The molecule has 3 aromatic carbocycles. The molecule has 2 atom stereocenters. The van der Waals surface area contributed by atoms with Crippen molar-refractivity contribution in [1.29, 1.82) is 0 Å². The standard InChI is InChI=1S/C31H39N3O5S/c1-6-24(4)32-31(36)29(7-2)33(21-25-18-16-23(3)17-19-25)30(35)22-34(26-12-11-13-27(20-26)39-5)40(37,38)28-14-9-8-10-15-28/h8-20,24,29H,6-7,21-22H2,1-5H3,(H,32,36)/t24-,29+/m0/s1. The molecule has 0 unspecified atom stereocenters. The fourth-order valence-corrected chi connectivity index (χ4v) is 5.69. The number of aryl methyl sites for hydroxylation is 1. The normalized spacial score (nSPS) is 12.7. The maximum atomic E-state index is 14.1. The monoisotopic (exact) mass is 565 g/mol. The van der Waals surface area contributed by atoms with Crippen LogP contribution in [0.5, 0.6) is 5.75 Å². The molecule has 1 N–H and O–H groups in total. The van der Waals surface area contributed by atoms with Crippen LogP contribution < -0.4 is 14.4 Å². The number of hydrogen-bond donors (Lipinski definition) is 1. The van der Waals surface area contributed by atoms with Crippen molar-refractivity contribution in [2.24, 2.45) is 0 Å². The zero-order valence-corrected chi connectivity index (χ0v) is 24.6. The molecule has 0 spiro atoms. The Morgan fingerprint density at radius 2 is 1.60 bits per heavy atom. The molecule has 0 aromatic heterocycles. The number of benzene rings is 3. The van der Waals surface area contributed by atoms with E-state index in [1.807, 2.05) is 52.0 Å². The summed E-state index contributed by atoms with van der Waals surface area (Å²) in [6.07, 6.45) is 1.11. The Morgan fingerprint density at radius 1 is 0.925 bits per heavy atom. The van der Waals surface area contributed by atoms with E-state index in [0.29, 0.717) is 12.2 Å². The van der Waals surface area contributed by atoms with Gasteiger partial charge in [0.1, 0.15) is 18.3 Å². The van der Waals surface area contributed by atoms with Crippen LogP contribution in [0.25, 0.3) is 0 Å². The van der Waals surface area contributed by atoms with E-state index in [-0.39, 0.29) is 29.1 Å². The van der Waals surface area contributed by atoms with Gasteiger partial charge in [-0.25, -0.2) is 8.42 Å². The minimum absolute atomic E-state index is 0.0530. The summed E-state index contributed by atoms with van der Waals surface area (Å²) in [6, 6.07) is 21.4. The van der Waals surface area contributed by atoms with Crippen molar-refractivity contribution in [1.82, 2.24) is 10.2 Å². The molecular weight excluding hydrogens is 526 g/mol. The van der Waals surface area contributed by atoms with Crippen molar-refractivity contribution in [3.05, 3.63) is 90.0 Å². The van der Waals surface area contributed by atoms with Crippen LogP contribution in [0.2, 0.25) is 0 Å². The summed E-state index contributed by atoms with van der Waals surface area (Å²) >= 11 is 0. The van der Waals surface area contributed by atoms with E-state index in [4.69, 9.17) is 4.74 Å². The molecule has 0 radical (unpaired) electrons. The Balaban J connectivity index is 2.06. The van der Waals surface area contributed by atoms with E-state index in [9.17, 15) is 18.0 Å². The minimum atomic E-state index is -4.13. The van der Waals surface area contributed by atoms with Gasteiger partial charge in [-0.05, 0) is 56.5 Å². The number of ether oxygens (including phenoxy) is 1. The highest BCUT2D eigenvalue weighted by atomic mass is 32.2. The van der Waals surface area contributed by atoms with Crippen LogP contribution in [-0.2, 0) is 26.2 Å². The van der Waals surface area contributed by atoms with Crippen molar-refractivity contribution >= 4 is 27.5 Å². The number of carbonyl (C=O) groups is 2. The molecule has 2 amide bonds. The minimum Gasteiger partial charge on any atom is -0.497 e. The van der Waals surface area contributed by atoms with Gasteiger partial charge in [-0.15, -0.1) is 0 Å². The van der Waals surface area contributed by atoms with Gasteiger partial charge in [0.05, 0.1) is 17.7 Å². The fraction of sp³-hybridized carbons (Fsp3) is 0.355. The van der Waals surface area contributed by atoms with Crippen LogP contribution in [-0.4, -0.2) is 50.9 Å². The topological polar surface area (TPSA) is 96.0 Å². The molecule has 3 aromatic rings. The Morgan fingerprint density at radius 3 is 2.20 bits per heavy atom. The van der Waals surface area contributed by atoms with Crippen LogP contribution in [0.15, 0.2) is 83.8 Å². The summed E-state index contributed by atoms with van der Waals surface area (Å²) in [5.74, 6) is -0.306. The van der Waals surface area contributed by atoms with E-state index in [1.165, 1.54) is 24.1 Å². The number of amides is 2. The summed E-state index contributed by atoms with van der Waals surface area (Å²) in [6.45, 7) is 7.36. The highest BCUT2D eigenvalue weighted by molar-refractivity contribution is 7.92. The zero-order valence-electron chi connectivity index (χ0n) is 23.8. The molecule has 0 fully saturated rings. The number of nitrogens with one attached hydrogen (secondary N) is 1. The van der Waals surface area contributed by atoms with Gasteiger partial charge in [-0.1, -0.05) is 67.9 Å². The second-order valence-electron chi connectivity index (χ2n) is 9.78. The van der Waals surface area contributed by atoms with Gasteiger partial charge in [0.2, 0.25) is 11.8 Å². The van der Waals surface area contributed by atoms with Gasteiger partial charge in [-0.2, -0.15) is 0 Å². The molecule has 0 aliphatic heterocycles. The molecule has 0 bridgehead atoms. The molecule has 0 saturated heterocycles. The lowest BCUT2D eigenvalue weighted by Gasteiger charge is -2.33. The summed E-state index contributed by atoms with van der Waals surface area (Å²) in [7, 11) is -2.64. The number of anilines is 1. The molecule has 3 rings (SSSR count). The first-order valence-electron chi connectivity index (χ1n) is 13.5. The van der Waals surface area contributed by atoms with Crippen LogP contribution in [0, 0.1) is 6.92 Å². The molecular formula is C31H39N3O5S. The van der Waals surface area contributed by atoms with Gasteiger partial charge in [0.15, 0.2) is 0 Å². The third-order valence-corrected chi connectivity index (χ3v) is 8.60. The van der Waals surface area contributed by atoms with E-state index in [1.54, 1.807) is 42.5 Å². The lowest BCUT2D eigenvalue weighted by Crippen LogP contribution is -2.53. The summed E-state index contributed by atoms with van der Waals surface area (Å²) in [5.41, 5.74) is 2.19. The van der Waals surface area contributed by atoms with Crippen molar-refractivity contribution in [3.8, 4) is 5.75 Å². The van der Waals surface area contributed by atoms with E-state index in [2.05, 4.69) is 5.32 Å². The molecule has 0 aliphatic rings. The quantitative estimate of drug-likeness (QED) is 0.317. The maximum absolute atomic E-state index is 14.1. The van der Waals surface area contributed by atoms with E-state index < -0.39 is 28.5 Å². The molecule has 8 nitrogen and oxygen atoms in total. The summed E-state index contributed by atoms with van der Waals surface area (Å²) in [4.78, 5) is 29.0. The van der Waals surface area contributed by atoms with Crippen molar-refractivity contribution < 1.29 is 22.7 Å². The zero-order chi connectivity index (χ0) is 29.3. The SMILES string of the molecule is CC[C@H](C(=O)N[C@@H](C)CC)N(Cc1ccc(C)cc1)C(=O)CN(c1cccc(OC)c1)S(=O)(=O)c1ccccc1. The maximum Gasteiger partial charge on any atom is 0.264 e. The molecule has 40 heavy (non-hydrogen) atoms. The predicted molar refractivity (Wildman–Crippen MR) is 158 cm³/mol. The van der Waals surface area contributed by atoms with Gasteiger partial charge in [0.25, 0.3) is 10.0 Å². The fourth-order valence-electron chi connectivity index (χ4n) is 4.26. The third kappa shape index (κ3) is 7.63. The van der Waals surface area contributed by atoms with E-state index >= 15 is 0 Å². The Kier molecular flexibility index (Phi) is 10.7. The second kappa shape index (κ2) is 14.0. The Bertz CT molecular complexity index is 1380. The van der Waals surface area contributed by atoms with Crippen molar-refractivity contribution in [2.45, 2.75) is 64.1 Å². The average Bonchev–Trinajstić information content (AvgIpc) is 2.96. The number of methoxy groups -OCH3 is 1. The number of rotatable bonds is 13. The van der Waals surface area contributed by atoms with Crippen LogP contribution in [0.1, 0.15) is 44.7 Å². The summed E-state index contributed by atoms with van der Waals surface area (Å²) < 4.78 is 34.2. The molecule has 214 valence electrons. The molecule has 9 heteroatoms. The number of nitrogens with zero attached hydrogens (tertiary/aromatic N) is 2. The van der Waals surface area contributed by atoms with E-state index in [0.717, 1.165) is 21.9 Å². The Hall–Kier alpha value is -3.85. The second-order valence-corrected chi connectivity index (χ2v) is 11.6. The van der Waals surface area contributed by atoms with Crippen LogP contribution >= 0.6 is 0 Å². The van der Waals surface area contributed by atoms with Crippen LogP contribution in [0.4, 0.5) is 5.69 Å². The number of sulfonamides is 1. The smallest absolute Gasteiger partial charge is 0.264 e. The number of hydrogen-bond acceptors (Lipinski definition) is 5. The molecule has 0 aliphatic carbocycles. The van der Waals surface area contributed by atoms with Crippen molar-refractivity contribution in [2.75, 3.05) is 18.0 Å². The summed E-state index contributed by atoms with van der Waals surface area (Å²) in [5, 5.41) is 2.99.